The third-order valence-corrected chi connectivity index (χ3v) is 4.36. The van der Waals surface area contributed by atoms with E-state index in [9.17, 15) is 0 Å². The van der Waals surface area contributed by atoms with Crippen LogP contribution in [-0.2, 0) is 0 Å². The predicted octanol–water partition coefficient (Wildman–Crippen LogP) is 5.01. The minimum Gasteiger partial charge on any atom is -0.314 e. The molecule has 1 heteroatoms. The predicted molar refractivity (Wildman–Crippen MR) is 81.9 cm³/mol. The van der Waals surface area contributed by atoms with Crippen molar-refractivity contribution >= 4 is 0 Å². The summed E-state index contributed by atoms with van der Waals surface area (Å²) < 4.78 is 0. The molecular weight excluding hydrogens is 218 g/mol. The first-order chi connectivity index (χ1) is 8.38. The summed E-state index contributed by atoms with van der Waals surface area (Å²) in [5.41, 5.74) is 0.506. The fraction of sp³-hybridized carbons (Fsp3) is 1.00. The molecule has 108 valence electrons. The van der Waals surface area contributed by atoms with Gasteiger partial charge in [0, 0.05) is 6.04 Å². The van der Waals surface area contributed by atoms with Crippen molar-refractivity contribution in [1.29, 1.82) is 0 Å². The summed E-state index contributed by atoms with van der Waals surface area (Å²) in [5.74, 6) is 1.94. The van der Waals surface area contributed by atoms with Crippen LogP contribution in [0.25, 0.3) is 0 Å². The van der Waals surface area contributed by atoms with E-state index >= 15 is 0 Å². The molecular formula is C17H35N. The van der Waals surface area contributed by atoms with E-state index in [-0.39, 0.29) is 0 Å². The van der Waals surface area contributed by atoms with Crippen LogP contribution >= 0.6 is 0 Å². The Morgan fingerprint density at radius 1 is 1.11 bits per heavy atom. The Hall–Kier alpha value is -0.0400. The molecule has 0 heterocycles. The van der Waals surface area contributed by atoms with Crippen molar-refractivity contribution < 1.29 is 0 Å². The zero-order valence-electron chi connectivity index (χ0n) is 13.4. The molecule has 18 heavy (non-hydrogen) atoms. The molecule has 0 spiro atoms. The van der Waals surface area contributed by atoms with Gasteiger partial charge in [-0.15, -0.1) is 0 Å². The minimum absolute atomic E-state index is 0.506. The lowest BCUT2D eigenvalue weighted by atomic mass is 9.83. The van der Waals surface area contributed by atoms with E-state index in [4.69, 9.17) is 0 Å². The number of rotatable bonds is 7. The van der Waals surface area contributed by atoms with E-state index in [0.717, 1.165) is 11.8 Å². The molecule has 0 aromatic heterocycles. The van der Waals surface area contributed by atoms with Crippen LogP contribution in [0.4, 0.5) is 0 Å². The second-order valence-electron chi connectivity index (χ2n) is 7.82. The van der Waals surface area contributed by atoms with Crippen LogP contribution in [0.3, 0.4) is 0 Å². The van der Waals surface area contributed by atoms with Crippen molar-refractivity contribution in [3.8, 4) is 0 Å². The Kier molecular flexibility index (Phi) is 6.70. The van der Waals surface area contributed by atoms with E-state index in [0.29, 0.717) is 11.5 Å². The molecule has 0 aliphatic heterocycles. The monoisotopic (exact) mass is 253 g/mol. The van der Waals surface area contributed by atoms with Gasteiger partial charge < -0.3 is 5.32 Å². The van der Waals surface area contributed by atoms with E-state index in [1.54, 1.807) is 0 Å². The highest BCUT2D eigenvalue weighted by molar-refractivity contribution is 4.78. The maximum atomic E-state index is 3.67. The highest BCUT2D eigenvalue weighted by atomic mass is 14.9. The van der Waals surface area contributed by atoms with Crippen LogP contribution in [0.1, 0.15) is 79.6 Å². The Balaban J connectivity index is 2.34. The van der Waals surface area contributed by atoms with Gasteiger partial charge in [0.1, 0.15) is 0 Å². The third kappa shape index (κ3) is 6.78. The highest BCUT2D eigenvalue weighted by Gasteiger charge is 2.25. The van der Waals surface area contributed by atoms with Crippen molar-refractivity contribution in [2.75, 3.05) is 6.54 Å². The second-order valence-corrected chi connectivity index (χ2v) is 7.82. The van der Waals surface area contributed by atoms with Crippen molar-refractivity contribution in [2.24, 2.45) is 17.3 Å². The van der Waals surface area contributed by atoms with Crippen molar-refractivity contribution in [2.45, 2.75) is 85.6 Å². The minimum atomic E-state index is 0.506. The van der Waals surface area contributed by atoms with Gasteiger partial charge in [0.25, 0.3) is 0 Å². The quantitative estimate of drug-likeness (QED) is 0.672. The smallest absolute Gasteiger partial charge is 0.00104 e. The van der Waals surface area contributed by atoms with Gasteiger partial charge in [-0.05, 0) is 36.6 Å². The van der Waals surface area contributed by atoms with Gasteiger partial charge in [0.05, 0.1) is 0 Å². The van der Waals surface area contributed by atoms with Crippen LogP contribution in [0.5, 0.6) is 0 Å². The van der Waals surface area contributed by atoms with Crippen LogP contribution in [0, 0.1) is 17.3 Å². The lowest BCUT2D eigenvalue weighted by molar-refractivity contribution is 0.268. The summed E-state index contributed by atoms with van der Waals surface area (Å²) in [4.78, 5) is 0. The van der Waals surface area contributed by atoms with E-state index < -0.39 is 0 Å². The van der Waals surface area contributed by atoms with Crippen LogP contribution in [0.2, 0.25) is 0 Å². The first kappa shape index (κ1) is 16.0. The van der Waals surface area contributed by atoms with E-state index in [1.807, 2.05) is 0 Å². The number of hydrogen-bond donors (Lipinski definition) is 1. The summed E-state index contributed by atoms with van der Waals surface area (Å²) in [6, 6.07) is 0.636. The van der Waals surface area contributed by atoms with Crippen LogP contribution < -0.4 is 5.32 Å². The maximum absolute atomic E-state index is 3.67. The maximum Gasteiger partial charge on any atom is 0.00104 e. The van der Waals surface area contributed by atoms with E-state index in [2.05, 4.69) is 39.9 Å². The standard InChI is InChI=1S/C17H35N/c1-14(2)18-13-16(15-9-6-7-10-15)11-8-12-17(3,4)5/h14-16,18H,6-13H2,1-5H3. The van der Waals surface area contributed by atoms with Crippen LogP contribution in [0.15, 0.2) is 0 Å². The molecule has 1 saturated carbocycles. The van der Waals surface area contributed by atoms with Crippen molar-refractivity contribution in [3.05, 3.63) is 0 Å². The molecule has 1 aliphatic rings. The first-order valence-electron chi connectivity index (χ1n) is 8.12. The largest absolute Gasteiger partial charge is 0.314 e. The van der Waals surface area contributed by atoms with Gasteiger partial charge in [-0.2, -0.15) is 0 Å². The molecule has 1 rings (SSSR count). The Morgan fingerprint density at radius 2 is 1.72 bits per heavy atom. The molecule has 1 nitrogen and oxygen atoms in total. The lowest BCUT2D eigenvalue weighted by Crippen LogP contribution is -2.32. The summed E-state index contributed by atoms with van der Waals surface area (Å²) in [7, 11) is 0. The topological polar surface area (TPSA) is 12.0 Å². The molecule has 1 unspecified atom stereocenters. The average molecular weight is 253 g/mol. The average Bonchev–Trinajstić information content (AvgIpc) is 2.74. The second kappa shape index (κ2) is 7.53. The Morgan fingerprint density at radius 3 is 2.22 bits per heavy atom. The highest BCUT2D eigenvalue weighted by Crippen LogP contribution is 2.34. The summed E-state index contributed by atoms with van der Waals surface area (Å²) in [6.07, 6.45) is 10.1. The molecule has 1 N–H and O–H groups in total. The van der Waals surface area contributed by atoms with Crippen molar-refractivity contribution in [1.82, 2.24) is 5.32 Å². The number of hydrogen-bond acceptors (Lipinski definition) is 1. The zero-order chi connectivity index (χ0) is 13.6. The fourth-order valence-electron chi connectivity index (χ4n) is 3.21. The Labute approximate surface area is 115 Å². The zero-order valence-corrected chi connectivity index (χ0v) is 13.4. The normalized spacial score (nSPS) is 19.7. The molecule has 1 fully saturated rings. The van der Waals surface area contributed by atoms with Gasteiger partial charge in [-0.25, -0.2) is 0 Å². The summed E-state index contributed by atoms with van der Waals surface area (Å²) >= 11 is 0. The van der Waals surface area contributed by atoms with Gasteiger partial charge >= 0.3 is 0 Å². The number of nitrogens with one attached hydrogen (secondary N) is 1. The fourth-order valence-corrected chi connectivity index (χ4v) is 3.21. The van der Waals surface area contributed by atoms with Crippen LogP contribution in [-0.4, -0.2) is 12.6 Å². The third-order valence-electron chi connectivity index (χ3n) is 4.36. The van der Waals surface area contributed by atoms with E-state index in [1.165, 1.54) is 51.5 Å². The molecule has 1 atom stereocenters. The lowest BCUT2D eigenvalue weighted by Gasteiger charge is -2.26. The summed E-state index contributed by atoms with van der Waals surface area (Å²) in [5, 5.41) is 3.67. The SMILES string of the molecule is CC(C)NCC(CCCC(C)(C)C)C1CCCC1. The summed E-state index contributed by atoms with van der Waals surface area (Å²) in [6.45, 7) is 12.9. The molecule has 0 bridgehead atoms. The molecule has 0 radical (unpaired) electrons. The van der Waals surface area contributed by atoms with Gasteiger partial charge in [0.2, 0.25) is 0 Å². The van der Waals surface area contributed by atoms with Gasteiger partial charge in [-0.1, -0.05) is 66.7 Å². The molecule has 0 saturated heterocycles. The molecule has 0 aromatic carbocycles. The van der Waals surface area contributed by atoms with Crippen molar-refractivity contribution in [3.63, 3.8) is 0 Å². The molecule has 1 aliphatic carbocycles. The first-order valence-corrected chi connectivity index (χ1v) is 8.12. The Bertz CT molecular complexity index is 208. The molecule has 0 amide bonds. The molecule has 0 aromatic rings. The van der Waals surface area contributed by atoms with Gasteiger partial charge in [-0.3, -0.25) is 0 Å². The van der Waals surface area contributed by atoms with Gasteiger partial charge in [0.15, 0.2) is 0 Å².